The molecular formula is C20H19N3O4. The van der Waals surface area contributed by atoms with Gasteiger partial charge in [-0.25, -0.2) is 4.98 Å². The van der Waals surface area contributed by atoms with Gasteiger partial charge in [-0.3, -0.25) is 14.0 Å². The molecule has 27 heavy (non-hydrogen) atoms. The number of aldehydes is 1. The molecule has 1 aromatic carbocycles. The predicted molar refractivity (Wildman–Crippen MR) is 101 cm³/mol. The number of nitrogens with zero attached hydrogens (tertiary/aromatic N) is 3. The van der Waals surface area contributed by atoms with Crippen molar-refractivity contribution in [3.8, 4) is 5.75 Å². The summed E-state index contributed by atoms with van der Waals surface area (Å²) in [5.41, 5.74) is 1.83. The van der Waals surface area contributed by atoms with Crippen molar-refractivity contribution in [2.24, 2.45) is 0 Å². The van der Waals surface area contributed by atoms with E-state index in [0.29, 0.717) is 25.1 Å². The number of fused-ring (bicyclic) bond motifs is 1. The first-order valence-electron chi connectivity index (χ1n) is 8.77. The molecule has 1 aliphatic rings. The van der Waals surface area contributed by atoms with Crippen LogP contribution in [0, 0.1) is 0 Å². The highest BCUT2D eigenvalue weighted by atomic mass is 16.5. The molecule has 3 heterocycles. The van der Waals surface area contributed by atoms with Gasteiger partial charge in [0.15, 0.2) is 12.0 Å². The van der Waals surface area contributed by atoms with Crippen molar-refractivity contribution in [3.63, 3.8) is 0 Å². The molecule has 7 nitrogen and oxygen atoms in total. The molecule has 2 aromatic heterocycles. The summed E-state index contributed by atoms with van der Waals surface area (Å²) < 4.78 is 12.5. The zero-order chi connectivity index (χ0) is 18.6. The third-order valence-electron chi connectivity index (χ3n) is 4.51. The molecule has 0 atom stereocenters. The van der Waals surface area contributed by atoms with Crippen LogP contribution in [-0.4, -0.2) is 42.0 Å². The lowest BCUT2D eigenvalue weighted by molar-refractivity contribution is 0.111. The highest BCUT2D eigenvalue weighted by Gasteiger charge is 2.17. The first kappa shape index (κ1) is 17.2. The largest absolute Gasteiger partial charge is 0.481 e. The number of carbonyl (C=O) groups is 1. The van der Waals surface area contributed by atoms with Crippen LogP contribution in [0.25, 0.3) is 5.65 Å². The van der Waals surface area contributed by atoms with Crippen molar-refractivity contribution in [1.29, 1.82) is 0 Å². The van der Waals surface area contributed by atoms with Crippen molar-refractivity contribution in [2.45, 2.75) is 6.61 Å². The fourth-order valence-corrected chi connectivity index (χ4v) is 3.08. The molecular weight excluding hydrogens is 346 g/mol. The minimum atomic E-state index is -0.395. The molecule has 0 saturated carbocycles. The normalized spacial score (nSPS) is 14.3. The monoisotopic (exact) mass is 365 g/mol. The maximum Gasteiger partial charge on any atom is 0.301 e. The van der Waals surface area contributed by atoms with E-state index in [0.717, 1.165) is 24.3 Å². The van der Waals surface area contributed by atoms with Gasteiger partial charge in [-0.2, -0.15) is 0 Å². The van der Waals surface area contributed by atoms with Gasteiger partial charge in [0.1, 0.15) is 12.3 Å². The van der Waals surface area contributed by atoms with Crippen LogP contribution in [-0.2, 0) is 11.3 Å². The number of anilines is 1. The number of hydrogen-bond acceptors (Lipinski definition) is 6. The van der Waals surface area contributed by atoms with Crippen molar-refractivity contribution in [1.82, 2.24) is 9.38 Å². The molecule has 1 fully saturated rings. The fraction of sp³-hybridized carbons (Fsp3) is 0.250. The summed E-state index contributed by atoms with van der Waals surface area (Å²) in [5.74, 6) is -0.0366. The molecule has 1 saturated heterocycles. The Balaban J connectivity index is 1.71. The van der Waals surface area contributed by atoms with Gasteiger partial charge in [-0.1, -0.05) is 30.3 Å². The van der Waals surface area contributed by atoms with Crippen LogP contribution in [0.5, 0.6) is 5.75 Å². The molecule has 3 aromatic rings. The number of morpholine rings is 1. The maximum atomic E-state index is 13.0. The maximum absolute atomic E-state index is 13.0. The molecule has 138 valence electrons. The molecule has 0 N–H and O–H groups in total. The first-order chi connectivity index (χ1) is 13.3. The van der Waals surface area contributed by atoms with E-state index in [4.69, 9.17) is 9.47 Å². The Morgan fingerprint density at radius 1 is 1.11 bits per heavy atom. The van der Waals surface area contributed by atoms with E-state index in [-0.39, 0.29) is 18.1 Å². The zero-order valence-corrected chi connectivity index (χ0v) is 14.7. The Hall–Kier alpha value is -3.19. The SMILES string of the molecule is O=Cc1nc2ccc(N3CCOCC3)cn2c(=O)c1OCc1ccccc1. The van der Waals surface area contributed by atoms with Gasteiger partial charge in [0.05, 0.1) is 18.9 Å². The smallest absolute Gasteiger partial charge is 0.301 e. The molecule has 0 unspecified atom stereocenters. The second-order valence-electron chi connectivity index (χ2n) is 6.24. The van der Waals surface area contributed by atoms with E-state index < -0.39 is 5.56 Å². The van der Waals surface area contributed by atoms with Crippen molar-refractivity contribution in [2.75, 3.05) is 31.2 Å². The average molecular weight is 365 g/mol. The fourth-order valence-electron chi connectivity index (χ4n) is 3.08. The molecule has 0 amide bonds. The molecule has 0 spiro atoms. The standard InChI is InChI=1S/C20H19N3O4/c24-13-17-19(27-14-15-4-2-1-3-5-15)20(25)23-12-16(6-7-18(23)21-17)22-8-10-26-11-9-22/h1-7,12-13H,8-11,14H2. The van der Waals surface area contributed by atoms with Crippen LogP contribution in [0.2, 0.25) is 0 Å². The van der Waals surface area contributed by atoms with Crippen LogP contribution >= 0.6 is 0 Å². The van der Waals surface area contributed by atoms with Crippen LogP contribution in [0.3, 0.4) is 0 Å². The Bertz CT molecular complexity index is 1010. The Kier molecular flexibility index (Phi) is 4.84. The van der Waals surface area contributed by atoms with Crippen molar-refractivity contribution >= 4 is 17.6 Å². The van der Waals surface area contributed by atoms with E-state index in [2.05, 4.69) is 9.88 Å². The zero-order valence-electron chi connectivity index (χ0n) is 14.7. The minimum Gasteiger partial charge on any atom is -0.481 e. The highest BCUT2D eigenvalue weighted by Crippen LogP contribution is 2.18. The molecule has 4 rings (SSSR count). The highest BCUT2D eigenvalue weighted by molar-refractivity contribution is 5.77. The molecule has 1 aliphatic heterocycles. The number of carbonyl (C=O) groups excluding carboxylic acids is 1. The molecule has 0 aliphatic carbocycles. The van der Waals surface area contributed by atoms with Gasteiger partial charge in [0.25, 0.3) is 0 Å². The second-order valence-corrected chi connectivity index (χ2v) is 6.24. The number of pyridine rings is 1. The second kappa shape index (κ2) is 7.59. The van der Waals surface area contributed by atoms with Gasteiger partial charge >= 0.3 is 5.56 Å². The van der Waals surface area contributed by atoms with Gasteiger partial charge in [0, 0.05) is 19.3 Å². The van der Waals surface area contributed by atoms with E-state index in [1.54, 1.807) is 12.3 Å². The van der Waals surface area contributed by atoms with Crippen LogP contribution in [0.4, 0.5) is 5.69 Å². The van der Waals surface area contributed by atoms with E-state index in [1.165, 1.54) is 4.40 Å². The lowest BCUT2D eigenvalue weighted by atomic mass is 10.2. The molecule has 7 heteroatoms. The Morgan fingerprint density at radius 3 is 2.63 bits per heavy atom. The number of aromatic nitrogens is 2. The lowest BCUT2D eigenvalue weighted by Crippen LogP contribution is -2.36. The summed E-state index contributed by atoms with van der Waals surface area (Å²) in [6, 6.07) is 13.1. The summed E-state index contributed by atoms with van der Waals surface area (Å²) in [4.78, 5) is 30.8. The third-order valence-corrected chi connectivity index (χ3v) is 4.51. The number of hydrogen-bond donors (Lipinski definition) is 0. The Labute approximate surface area is 155 Å². The lowest BCUT2D eigenvalue weighted by Gasteiger charge is -2.28. The summed E-state index contributed by atoms with van der Waals surface area (Å²) in [7, 11) is 0. The Morgan fingerprint density at radius 2 is 1.89 bits per heavy atom. The van der Waals surface area contributed by atoms with Crippen molar-refractivity contribution < 1.29 is 14.3 Å². The van der Waals surface area contributed by atoms with Gasteiger partial charge < -0.3 is 14.4 Å². The van der Waals surface area contributed by atoms with Gasteiger partial charge in [-0.15, -0.1) is 0 Å². The van der Waals surface area contributed by atoms with Gasteiger partial charge in [0.2, 0.25) is 5.75 Å². The number of ether oxygens (including phenoxy) is 2. The minimum absolute atomic E-state index is 0.00931. The number of benzene rings is 1. The van der Waals surface area contributed by atoms with E-state index in [9.17, 15) is 9.59 Å². The third kappa shape index (κ3) is 3.54. The van der Waals surface area contributed by atoms with Crippen molar-refractivity contribution in [3.05, 3.63) is 70.3 Å². The molecule has 0 radical (unpaired) electrons. The quantitative estimate of drug-likeness (QED) is 0.643. The average Bonchev–Trinajstić information content (AvgIpc) is 2.74. The summed E-state index contributed by atoms with van der Waals surface area (Å²) in [6.07, 6.45) is 2.29. The summed E-state index contributed by atoms with van der Waals surface area (Å²) in [6.45, 7) is 3.02. The van der Waals surface area contributed by atoms with Crippen LogP contribution in [0.1, 0.15) is 16.1 Å². The van der Waals surface area contributed by atoms with E-state index >= 15 is 0 Å². The van der Waals surface area contributed by atoms with Crippen LogP contribution in [0.15, 0.2) is 53.5 Å². The van der Waals surface area contributed by atoms with E-state index in [1.807, 2.05) is 36.4 Å². The number of rotatable bonds is 5. The summed E-state index contributed by atoms with van der Waals surface area (Å²) >= 11 is 0. The van der Waals surface area contributed by atoms with Crippen LogP contribution < -0.4 is 15.2 Å². The topological polar surface area (TPSA) is 73.1 Å². The molecule has 0 bridgehead atoms. The van der Waals surface area contributed by atoms with Gasteiger partial charge in [-0.05, 0) is 17.7 Å². The first-order valence-corrected chi connectivity index (χ1v) is 8.77. The predicted octanol–water partition coefficient (Wildman–Crippen LogP) is 1.92. The summed E-state index contributed by atoms with van der Waals surface area (Å²) in [5, 5.41) is 0.